The molecule has 7 heteroatoms. The molecule has 0 bridgehead atoms. The first-order valence-corrected chi connectivity index (χ1v) is 6.73. The molecule has 1 amide bonds. The van der Waals surface area contributed by atoms with Gasteiger partial charge in [0.05, 0.1) is 6.54 Å². The Morgan fingerprint density at radius 3 is 2.95 bits per heavy atom. The number of amides is 1. The van der Waals surface area contributed by atoms with E-state index in [2.05, 4.69) is 36.4 Å². The number of pyridine rings is 2. The number of hydrogen-bond acceptors (Lipinski definition) is 4. The molecular weight excluding hydrogens is 322 g/mol. The van der Waals surface area contributed by atoms with E-state index in [1.165, 1.54) is 0 Å². The number of rotatable bonds is 3. The van der Waals surface area contributed by atoms with E-state index < -0.39 is 0 Å². The van der Waals surface area contributed by atoms with E-state index in [1.54, 1.807) is 18.2 Å². The fraction of sp³-hybridized carbons (Fsp3) is 0.0769. The maximum absolute atomic E-state index is 12.0. The van der Waals surface area contributed by atoms with Crippen LogP contribution < -0.4 is 5.32 Å². The summed E-state index contributed by atoms with van der Waals surface area (Å²) in [4.78, 5) is 16.1. The number of carbonyl (C=O) groups excluding carboxylic acids is 1. The molecule has 0 aliphatic carbocycles. The molecule has 3 heterocycles. The Bertz CT molecular complexity index is 770. The van der Waals surface area contributed by atoms with Crippen molar-refractivity contribution in [3.63, 3.8) is 0 Å². The van der Waals surface area contributed by atoms with Crippen LogP contribution in [-0.2, 0) is 6.54 Å². The van der Waals surface area contributed by atoms with E-state index in [0.29, 0.717) is 16.1 Å². The van der Waals surface area contributed by atoms with Crippen LogP contribution >= 0.6 is 15.9 Å². The van der Waals surface area contributed by atoms with Crippen LogP contribution in [0.5, 0.6) is 0 Å². The number of aromatic nitrogens is 4. The van der Waals surface area contributed by atoms with E-state index in [9.17, 15) is 4.79 Å². The SMILES string of the molecule is O=C(NCc1nnc2ccccn12)c1cccc(Br)n1. The Labute approximate surface area is 123 Å². The Balaban J connectivity index is 1.75. The maximum atomic E-state index is 12.0. The van der Waals surface area contributed by atoms with Gasteiger partial charge >= 0.3 is 0 Å². The highest BCUT2D eigenvalue weighted by atomic mass is 79.9. The van der Waals surface area contributed by atoms with Crippen LogP contribution in [0, 0.1) is 0 Å². The van der Waals surface area contributed by atoms with Gasteiger partial charge in [-0.25, -0.2) is 4.98 Å². The smallest absolute Gasteiger partial charge is 0.270 e. The molecule has 1 N–H and O–H groups in total. The third-order valence-electron chi connectivity index (χ3n) is 2.74. The van der Waals surface area contributed by atoms with Gasteiger partial charge in [-0.2, -0.15) is 0 Å². The minimum Gasteiger partial charge on any atom is -0.343 e. The van der Waals surface area contributed by atoms with E-state index in [-0.39, 0.29) is 12.5 Å². The summed E-state index contributed by atoms with van der Waals surface area (Å²) in [5, 5.41) is 10.8. The molecule has 0 radical (unpaired) electrons. The lowest BCUT2D eigenvalue weighted by Gasteiger charge is -2.03. The van der Waals surface area contributed by atoms with Gasteiger partial charge in [0.25, 0.3) is 5.91 Å². The minimum atomic E-state index is -0.251. The van der Waals surface area contributed by atoms with Crippen molar-refractivity contribution in [3.05, 3.63) is 58.7 Å². The number of nitrogens with zero attached hydrogens (tertiary/aromatic N) is 4. The molecule has 0 atom stereocenters. The highest BCUT2D eigenvalue weighted by molar-refractivity contribution is 9.10. The first-order chi connectivity index (χ1) is 9.74. The van der Waals surface area contributed by atoms with E-state index in [1.807, 2.05) is 28.8 Å². The normalized spacial score (nSPS) is 10.7. The van der Waals surface area contributed by atoms with Crippen LogP contribution in [0.15, 0.2) is 47.2 Å². The van der Waals surface area contributed by atoms with Crippen molar-refractivity contribution in [2.45, 2.75) is 6.54 Å². The van der Waals surface area contributed by atoms with Gasteiger partial charge in [0.15, 0.2) is 11.5 Å². The predicted molar refractivity (Wildman–Crippen MR) is 76.1 cm³/mol. The average Bonchev–Trinajstić information content (AvgIpc) is 2.88. The van der Waals surface area contributed by atoms with Crippen molar-refractivity contribution in [3.8, 4) is 0 Å². The van der Waals surface area contributed by atoms with E-state index >= 15 is 0 Å². The maximum Gasteiger partial charge on any atom is 0.270 e. The highest BCUT2D eigenvalue weighted by Crippen LogP contribution is 2.07. The molecule has 20 heavy (non-hydrogen) atoms. The lowest BCUT2D eigenvalue weighted by molar-refractivity contribution is 0.0944. The third-order valence-corrected chi connectivity index (χ3v) is 3.18. The Kier molecular flexibility index (Phi) is 3.42. The second-order valence-corrected chi connectivity index (χ2v) is 4.89. The molecule has 0 aromatic carbocycles. The molecule has 6 nitrogen and oxygen atoms in total. The van der Waals surface area contributed by atoms with Crippen LogP contribution in [0.2, 0.25) is 0 Å². The lowest BCUT2D eigenvalue weighted by atomic mass is 10.3. The van der Waals surface area contributed by atoms with Crippen LogP contribution in [-0.4, -0.2) is 25.5 Å². The fourth-order valence-corrected chi connectivity index (χ4v) is 2.14. The number of carbonyl (C=O) groups is 1. The van der Waals surface area contributed by atoms with E-state index in [0.717, 1.165) is 5.65 Å². The van der Waals surface area contributed by atoms with Gasteiger partial charge in [-0.05, 0) is 40.2 Å². The van der Waals surface area contributed by atoms with Gasteiger partial charge in [0.1, 0.15) is 10.3 Å². The number of fused-ring (bicyclic) bond motifs is 1. The summed E-state index contributed by atoms with van der Waals surface area (Å²) < 4.78 is 2.45. The molecule has 100 valence electrons. The Hall–Kier alpha value is -2.28. The van der Waals surface area contributed by atoms with Crippen LogP contribution in [0.1, 0.15) is 16.3 Å². The average molecular weight is 332 g/mol. The van der Waals surface area contributed by atoms with Crippen molar-refractivity contribution in [1.29, 1.82) is 0 Å². The molecule has 0 saturated carbocycles. The standard InChI is InChI=1S/C13H10BrN5O/c14-10-5-3-4-9(16-10)13(20)15-8-12-18-17-11-6-1-2-7-19(11)12/h1-7H,8H2,(H,15,20). The second-order valence-electron chi connectivity index (χ2n) is 4.07. The van der Waals surface area contributed by atoms with Crippen molar-refractivity contribution < 1.29 is 4.79 Å². The molecule has 0 spiro atoms. The van der Waals surface area contributed by atoms with Crippen molar-refractivity contribution in [2.24, 2.45) is 0 Å². The highest BCUT2D eigenvalue weighted by Gasteiger charge is 2.10. The zero-order valence-corrected chi connectivity index (χ0v) is 11.9. The minimum absolute atomic E-state index is 0.251. The number of hydrogen-bond donors (Lipinski definition) is 1. The van der Waals surface area contributed by atoms with Gasteiger partial charge in [-0.1, -0.05) is 12.1 Å². The fourth-order valence-electron chi connectivity index (χ4n) is 1.80. The molecule has 3 rings (SSSR count). The topological polar surface area (TPSA) is 72.2 Å². The summed E-state index contributed by atoms with van der Waals surface area (Å²) in [6.07, 6.45) is 1.86. The van der Waals surface area contributed by atoms with Crippen LogP contribution in [0.25, 0.3) is 5.65 Å². The number of halogens is 1. The molecule has 3 aromatic rings. The Morgan fingerprint density at radius 2 is 2.10 bits per heavy atom. The van der Waals surface area contributed by atoms with Gasteiger partial charge in [-0.15, -0.1) is 10.2 Å². The summed E-state index contributed by atoms with van der Waals surface area (Å²) in [6, 6.07) is 10.8. The molecule has 3 aromatic heterocycles. The summed E-state index contributed by atoms with van der Waals surface area (Å²) in [6.45, 7) is 0.290. The lowest BCUT2D eigenvalue weighted by Crippen LogP contribution is -2.24. The van der Waals surface area contributed by atoms with Crippen LogP contribution in [0.3, 0.4) is 0 Å². The monoisotopic (exact) mass is 331 g/mol. The van der Waals surface area contributed by atoms with Crippen molar-refractivity contribution in [2.75, 3.05) is 0 Å². The summed E-state index contributed by atoms with van der Waals surface area (Å²) in [5.74, 6) is 0.419. The first-order valence-electron chi connectivity index (χ1n) is 5.93. The van der Waals surface area contributed by atoms with Crippen molar-refractivity contribution in [1.82, 2.24) is 24.9 Å². The molecule has 0 saturated heterocycles. The largest absolute Gasteiger partial charge is 0.343 e. The Morgan fingerprint density at radius 1 is 1.20 bits per heavy atom. The second kappa shape index (κ2) is 5.38. The summed E-state index contributed by atoms with van der Waals surface area (Å²) in [7, 11) is 0. The van der Waals surface area contributed by atoms with Gasteiger partial charge in [0, 0.05) is 6.20 Å². The summed E-state index contributed by atoms with van der Waals surface area (Å²) in [5.41, 5.74) is 1.10. The predicted octanol–water partition coefficient (Wildman–Crippen LogP) is 1.82. The van der Waals surface area contributed by atoms with Crippen LogP contribution in [0.4, 0.5) is 0 Å². The van der Waals surface area contributed by atoms with Gasteiger partial charge < -0.3 is 5.32 Å². The molecule has 0 unspecified atom stereocenters. The quantitative estimate of drug-likeness (QED) is 0.743. The van der Waals surface area contributed by atoms with Gasteiger partial charge in [-0.3, -0.25) is 9.20 Å². The third kappa shape index (κ3) is 2.53. The van der Waals surface area contributed by atoms with Gasteiger partial charge in [0.2, 0.25) is 0 Å². The molecule has 0 aliphatic rings. The van der Waals surface area contributed by atoms with Crippen molar-refractivity contribution >= 4 is 27.5 Å². The molecule has 0 aliphatic heterocycles. The first kappa shape index (κ1) is 12.7. The zero-order valence-electron chi connectivity index (χ0n) is 10.3. The summed E-state index contributed by atoms with van der Waals surface area (Å²) >= 11 is 3.24. The zero-order chi connectivity index (χ0) is 13.9. The number of nitrogens with one attached hydrogen (secondary N) is 1. The molecular formula is C13H10BrN5O. The molecule has 0 fully saturated rings. The van der Waals surface area contributed by atoms with E-state index in [4.69, 9.17) is 0 Å².